The molecule has 1 fully saturated rings. The summed E-state index contributed by atoms with van der Waals surface area (Å²) >= 11 is 0. The minimum atomic E-state index is -0.521. The third kappa shape index (κ3) is 5.30. The van der Waals surface area contributed by atoms with Crippen LogP contribution in [0.25, 0.3) is 0 Å². The van der Waals surface area contributed by atoms with Gasteiger partial charge in [0.2, 0.25) is 0 Å². The van der Waals surface area contributed by atoms with Gasteiger partial charge in [0.05, 0.1) is 18.4 Å². The third-order valence-corrected chi connectivity index (χ3v) is 3.22. The number of nitrogens with zero attached hydrogens (tertiary/aromatic N) is 1. The van der Waals surface area contributed by atoms with E-state index in [-0.39, 0.29) is 11.5 Å². The second kappa shape index (κ2) is 7.93. The number of rotatable bonds is 9. The van der Waals surface area contributed by atoms with Gasteiger partial charge in [0, 0.05) is 19.7 Å². The fourth-order valence-electron chi connectivity index (χ4n) is 1.86. The number of carbonyl (C=O) groups excluding carboxylic acids is 1. The Labute approximate surface area is 124 Å². The maximum absolute atomic E-state index is 13.3. The lowest BCUT2D eigenvalue weighted by molar-refractivity contribution is 0.0906. The summed E-state index contributed by atoms with van der Waals surface area (Å²) in [4.78, 5) is 16.0. The zero-order chi connectivity index (χ0) is 15.1. The lowest BCUT2D eigenvalue weighted by atomic mass is 10.2. The Balaban J connectivity index is 1.82. The van der Waals surface area contributed by atoms with Crippen molar-refractivity contribution in [1.29, 1.82) is 0 Å². The molecule has 0 aromatic carbocycles. The fraction of sp³-hybridized carbons (Fsp3) is 0.600. The van der Waals surface area contributed by atoms with Gasteiger partial charge in [-0.3, -0.25) is 4.79 Å². The SMILES string of the molecule is CCCNc1ncc(F)cc1C(=O)NCCOCC1CC1. The van der Waals surface area contributed by atoms with Gasteiger partial charge >= 0.3 is 0 Å². The van der Waals surface area contributed by atoms with E-state index >= 15 is 0 Å². The fourth-order valence-corrected chi connectivity index (χ4v) is 1.86. The Morgan fingerprint density at radius 1 is 1.48 bits per heavy atom. The average Bonchev–Trinajstić information content (AvgIpc) is 3.29. The molecule has 1 saturated carbocycles. The van der Waals surface area contributed by atoms with Gasteiger partial charge < -0.3 is 15.4 Å². The van der Waals surface area contributed by atoms with Gasteiger partial charge in [-0.1, -0.05) is 6.92 Å². The molecule has 1 aliphatic carbocycles. The Morgan fingerprint density at radius 2 is 2.29 bits per heavy atom. The molecule has 1 aromatic heterocycles. The quantitative estimate of drug-likeness (QED) is 0.686. The first-order valence-electron chi connectivity index (χ1n) is 7.46. The molecular weight excluding hydrogens is 273 g/mol. The van der Waals surface area contributed by atoms with Crippen molar-refractivity contribution >= 4 is 11.7 Å². The van der Waals surface area contributed by atoms with Gasteiger partial charge in [-0.25, -0.2) is 9.37 Å². The highest BCUT2D eigenvalue weighted by atomic mass is 19.1. The molecule has 0 unspecified atom stereocenters. The number of ether oxygens (including phenoxy) is 1. The molecular formula is C15H22FN3O2. The van der Waals surface area contributed by atoms with Crippen LogP contribution in [-0.4, -0.2) is 37.2 Å². The van der Waals surface area contributed by atoms with Crippen LogP contribution in [0.2, 0.25) is 0 Å². The van der Waals surface area contributed by atoms with E-state index in [2.05, 4.69) is 15.6 Å². The van der Waals surface area contributed by atoms with Gasteiger partial charge in [0.25, 0.3) is 5.91 Å². The maximum Gasteiger partial charge on any atom is 0.255 e. The molecule has 1 heterocycles. The highest BCUT2D eigenvalue weighted by Crippen LogP contribution is 2.28. The van der Waals surface area contributed by atoms with Crippen molar-refractivity contribution in [3.8, 4) is 0 Å². The van der Waals surface area contributed by atoms with Gasteiger partial charge in [0.1, 0.15) is 11.6 Å². The van der Waals surface area contributed by atoms with Gasteiger partial charge in [-0.05, 0) is 31.2 Å². The molecule has 0 spiro atoms. The molecule has 2 N–H and O–H groups in total. The zero-order valence-corrected chi connectivity index (χ0v) is 12.3. The molecule has 1 amide bonds. The average molecular weight is 295 g/mol. The minimum Gasteiger partial charge on any atom is -0.379 e. The summed E-state index contributed by atoms with van der Waals surface area (Å²) in [7, 11) is 0. The van der Waals surface area contributed by atoms with Crippen LogP contribution < -0.4 is 10.6 Å². The molecule has 0 aliphatic heterocycles. The van der Waals surface area contributed by atoms with Crippen LogP contribution in [0.1, 0.15) is 36.5 Å². The molecule has 0 radical (unpaired) electrons. The van der Waals surface area contributed by atoms with Crippen LogP contribution in [0, 0.1) is 11.7 Å². The number of pyridine rings is 1. The summed E-state index contributed by atoms with van der Waals surface area (Å²) in [6.45, 7) is 4.34. The predicted octanol–water partition coefficient (Wildman–Crippen LogP) is 2.20. The number of nitrogens with one attached hydrogen (secondary N) is 2. The molecule has 1 aliphatic rings. The van der Waals surface area contributed by atoms with Crippen LogP contribution in [0.15, 0.2) is 12.3 Å². The summed E-state index contributed by atoms with van der Waals surface area (Å²) in [6, 6.07) is 1.20. The Morgan fingerprint density at radius 3 is 3.00 bits per heavy atom. The monoisotopic (exact) mass is 295 g/mol. The normalized spacial score (nSPS) is 14.0. The Hall–Kier alpha value is -1.69. The van der Waals surface area contributed by atoms with Crippen LogP contribution >= 0.6 is 0 Å². The highest BCUT2D eigenvalue weighted by Gasteiger charge is 2.21. The summed E-state index contributed by atoms with van der Waals surface area (Å²) in [5.41, 5.74) is 0.227. The lowest BCUT2D eigenvalue weighted by Gasteiger charge is -2.11. The Bertz CT molecular complexity index is 478. The summed E-state index contributed by atoms with van der Waals surface area (Å²) in [5, 5.41) is 5.75. The molecule has 0 bridgehead atoms. The van der Waals surface area contributed by atoms with Crippen LogP contribution in [0.4, 0.5) is 10.2 Å². The first-order chi connectivity index (χ1) is 10.2. The van der Waals surface area contributed by atoms with E-state index in [1.54, 1.807) is 0 Å². The summed E-state index contributed by atoms with van der Waals surface area (Å²) in [6.07, 6.45) is 4.49. The number of hydrogen-bond acceptors (Lipinski definition) is 4. The van der Waals surface area contributed by atoms with E-state index in [1.807, 2.05) is 6.92 Å². The smallest absolute Gasteiger partial charge is 0.255 e. The van der Waals surface area contributed by atoms with E-state index in [1.165, 1.54) is 18.9 Å². The molecule has 6 heteroatoms. The molecule has 0 atom stereocenters. The van der Waals surface area contributed by atoms with Crippen molar-refractivity contribution in [2.75, 3.05) is 31.6 Å². The first-order valence-corrected chi connectivity index (χ1v) is 7.46. The molecule has 2 rings (SSSR count). The van der Waals surface area contributed by atoms with E-state index in [9.17, 15) is 9.18 Å². The predicted molar refractivity (Wildman–Crippen MR) is 78.9 cm³/mol. The van der Waals surface area contributed by atoms with Crippen molar-refractivity contribution in [2.45, 2.75) is 26.2 Å². The molecule has 116 valence electrons. The number of halogens is 1. The van der Waals surface area contributed by atoms with Crippen molar-refractivity contribution in [1.82, 2.24) is 10.3 Å². The van der Waals surface area contributed by atoms with E-state index in [0.717, 1.165) is 19.2 Å². The van der Waals surface area contributed by atoms with Gasteiger partial charge in [-0.2, -0.15) is 0 Å². The second-order valence-corrected chi connectivity index (χ2v) is 5.25. The maximum atomic E-state index is 13.3. The number of anilines is 1. The zero-order valence-electron chi connectivity index (χ0n) is 12.3. The third-order valence-electron chi connectivity index (χ3n) is 3.22. The summed E-state index contributed by atoms with van der Waals surface area (Å²) < 4.78 is 18.7. The van der Waals surface area contributed by atoms with Crippen molar-refractivity contribution in [3.63, 3.8) is 0 Å². The lowest BCUT2D eigenvalue weighted by Crippen LogP contribution is -2.28. The first kappa shape index (κ1) is 15.7. The van der Waals surface area contributed by atoms with E-state index < -0.39 is 5.82 Å². The van der Waals surface area contributed by atoms with Crippen molar-refractivity contribution in [2.24, 2.45) is 5.92 Å². The summed E-state index contributed by atoms with van der Waals surface area (Å²) in [5.74, 6) is 0.260. The van der Waals surface area contributed by atoms with Crippen LogP contribution in [-0.2, 0) is 4.74 Å². The molecule has 1 aromatic rings. The van der Waals surface area contributed by atoms with E-state index in [4.69, 9.17) is 4.74 Å². The number of aromatic nitrogens is 1. The highest BCUT2D eigenvalue weighted by molar-refractivity contribution is 5.98. The topological polar surface area (TPSA) is 63.2 Å². The number of carbonyl (C=O) groups is 1. The standard InChI is InChI=1S/C15H22FN3O2/c1-2-5-17-14-13(8-12(16)9-19-14)15(20)18-6-7-21-10-11-3-4-11/h8-9,11H,2-7,10H2,1H3,(H,17,19)(H,18,20). The van der Waals surface area contributed by atoms with Crippen LogP contribution in [0.5, 0.6) is 0 Å². The number of amides is 1. The Kier molecular flexibility index (Phi) is 5.92. The van der Waals surface area contributed by atoms with Crippen molar-refractivity contribution < 1.29 is 13.9 Å². The van der Waals surface area contributed by atoms with Gasteiger partial charge in [-0.15, -0.1) is 0 Å². The van der Waals surface area contributed by atoms with Crippen LogP contribution in [0.3, 0.4) is 0 Å². The molecule has 0 saturated heterocycles. The van der Waals surface area contributed by atoms with E-state index in [0.29, 0.717) is 31.4 Å². The minimum absolute atomic E-state index is 0.227. The van der Waals surface area contributed by atoms with Crippen molar-refractivity contribution in [3.05, 3.63) is 23.6 Å². The molecule has 5 nitrogen and oxygen atoms in total. The largest absolute Gasteiger partial charge is 0.379 e. The number of hydrogen-bond donors (Lipinski definition) is 2. The second-order valence-electron chi connectivity index (χ2n) is 5.25. The van der Waals surface area contributed by atoms with Gasteiger partial charge in [0.15, 0.2) is 0 Å². The molecule has 21 heavy (non-hydrogen) atoms.